The van der Waals surface area contributed by atoms with Gasteiger partial charge in [-0.25, -0.2) is 9.97 Å². The van der Waals surface area contributed by atoms with Crippen molar-refractivity contribution in [3.63, 3.8) is 0 Å². The van der Waals surface area contributed by atoms with Crippen molar-refractivity contribution in [2.75, 3.05) is 44.2 Å². The molecule has 2 aliphatic rings. The summed E-state index contributed by atoms with van der Waals surface area (Å²) in [5.41, 5.74) is 1.03. The number of anilines is 1. The highest BCUT2D eigenvalue weighted by atomic mass is 16.2. The van der Waals surface area contributed by atoms with E-state index in [1.807, 2.05) is 6.92 Å². The summed E-state index contributed by atoms with van der Waals surface area (Å²) in [4.78, 5) is 29.0. The molecule has 2 heterocycles. The molecule has 2 fully saturated rings. The SMILES string of the molecule is CCN(C(=O)CN1CCN(c2cc(C)nc(C(C)C)n2)CC1)C1CCCCC1. The summed E-state index contributed by atoms with van der Waals surface area (Å²) < 4.78 is 0. The minimum Gasteiger partial charge on any atom is -0.354 e. The molecule has 3 rings (SSSR count). The molecule has 6 nitrogen and oxygen atoms in total. The molecule has 1 saturated heterocycles. The fourth-order valence-corrected chi connectivity index (χ4v) is 4.44. The van der Waals surface area contributed by atoms with Gasteiger partial charge in [-0.1, -0.05) is 33.1 Å². The van der Waals surface area contributed by atoms with Crippen LogP contribution in [0.15, 0.2) is 6.07 Å². The van der Waals surface area contributed by atoms with Gasteiger partial charge < -0.3 is 9.80 Å². The maximum Gasteiger partial charge on any atom is 0.236 e. The lowest BCUT2D eigenvalue weighted by atomic mass is 9.94. The number of hydrogen-bond donors (Lipinski definition) is 0. The van der Waals surface area contributed by atoms with E-state index in [2.05, 4.69) is 46.5 Å². The Bertz CT molecular complexity index is 648. The quantitative estimate of drug-likeness (QED) is 0.750. The van der Waals surface area contributed by atoms with Gasteiger partial charge in [-0.15, -0.1) is 0 Å². The largest absolute Gasteiger partial charge is 0.354 e. The van der Waals surface area contributed by atoms with Crippen LogP contribution in [0.3, 0.4) is 0 Å². The highest BCUT2D eigenvalue weighted by Crippen LogP contribution is 2.23. The molecular weight excluding hydrogens is 350 g/mol. The number of rotatable bonds is 6. The fraction of sp³-hybridized carbons (Fsp3) is 0.773. The highest BCUT2D eigenvalue weighted by Gasteiger charge is 2.27. The van der Waals surface area contributed by atoms with Gasteiger partial charge in [-0.05, 0) is 26.7 Å². The molecule has 0 spiro atoms. The highest BCUT2D eigenvalue weighted by molar-refractivity contribution is 5.78. The van der Waals surface area contributed by atoms with Gasteiger partial charge in [-0.3, -0.25) is 9.69 Å². The van der Waals surface area contributed by atoms with E-state index in [4.69, 9.17) is 4.98 Å². The maximum atomic E-state index is 12.9. The van der Waals surface area contributed by atoms with Gasteiger partial charge in [0.2, 0.25) is 5.91 Å². The van der Waals surface area contributed by atoms with Crippen molar-refractivity contribution in [2.45, 2.75) is 71.8 Å². The predicted molar refractivity (Wildman–Crippen MR) is 114 cm³/mol. The van der Waals surface area contributed by atoms with Gasteiger partial charge in [0.25, 0.3) is 0 Å². The molecule has 1 aromatic rings. The van der Waals surface area contributed by atoms with Crippen LogP contribution in [0.4, 0.5) is 5.82 Å². The Labute approximate surface area is 170 Å². The number of nitrogens with zero attached hydrogens (tertiary/aromatic N) is 5. The van der Waals surface area contributed by atoms with E-state index in [1.165, 1.54) is 32.1 Å². The van der Waals surface area contributed by atoms with E-state index < -0.39 is 0 Å². The first-order valence-corrected chi connectivity index (χ1v) is 11.1. The summed E-state index contributed by atoms with van der Waals surface area (Å²) in [5, 5.41) is 0. The van der Waals surface area contributed by atoms with Crippen molar-refractivity contribution < 1.29 is 4.79 Å². The summed E-state index contributed by atoms with van der Waals surface area (Å²) in [6.45, 7) is 13.5. The van der Waals surface area contributed by atoms with Crippen molar-refractivity contribution in [3.8, 4) is 0 Å². The first-order valence-electron chi connectivity index (χ1n) is 11.1. The fourth-order valence-electron chi connectivity index (χ4n) is 4.44. The van der Waals surface area contributed by atoms with Crippen LogP contribution in [0.5, 0.6) is 0 Å². The van der Waals surface area contributed by atoms with Crippen LogP contribution in [0.2, 0.25) is 0 Å². The molecule has 0 radical (unpaired) electrons. The second-order valence-corrected chi connectivity index (χ2v) is 8.62. The summed E-state index contributed by atoms with van der Waals surface area (Å²) in [5.74, 6) is 2.58. The van der Waals surface area contributed by atoms with Crippen molar-refractivity contribution in [3.05, 3.63) is 17.6 Å². The molecule has 0 N–H and O–H groups in total. The van der Waals surface area contributed by atoms with E-state index in [1.54, 1.807) is 0 Å². The lowest BCUT2D eigenvalue weighted by Gasteiger charge is -2.38. The normalized spacial score (nSPS) is 19.2. The van der Waals surface area contributed by atoms with Gasteiger partial charge in [0.05, 0.1) is 6.54 Å². The minimum atomic E-state index is 0.308. The molecule has 28 heavy (non-hydrogen) atoms. The van der Waals surface area contributed by atoms with E-state index in [-0.39, 0.29) is 0 Å². The average molecular weight is 388 g/mol. The zero-order chi connectivity index (χ0) is 20.1. The zero-order valence-corrected chi connectivity index (χ0v) is 18.2. The number of piperazine rings is 1. The first-order chi connectivity index (χ1) is 13.5. The van der Waals surface area contributed by atoms with Gasteiger partial charge in [0.1, 0.15) is 11.6 Å². The van der Waals surface area contributed by atoms with Crippen LogP contribution >= 0.6 is 0 Å². The lowest BCUT2D eigenvalue weighted by molar-refractivity contribution is -0.135. The molecule has 6 heteroatoms. The molecule has 156 valence electrons. The number of likely N-dealkylation sites (N-methyl/N-ethyl adjacent to an activating group) is 1. The van der Waals surface area contributed by atoms with Gasteiger partial charge in [-0.2, -0.15) is 0 Å². The lowest BCUT2D eigenvalue weighted by Crippen LogP contribution is -2.52. The summed E-state index contributed by atoms with van der Waals surface area (Å²) in [6.07, 6.45) is 6.22. The number of carbonyl (C=O) groups is 1. The maximum absolute atomic E-state index is 12.9. The molecule has 1 saturated carbocycles. The average Bonchev–Trinajstić information content (AvgIpc) is 2.69. The summed E-state index contributed by atoms with van der Waals surface area (Å²) in [7, 11) is 0. The standard InChI is InChI=1S/C22H37N5O/c1-5-27(19-9-7-6-8-10-19)21(28)16-25-11-13-26(14-12-25)20-15-18(4)23-22(24-20)17(2)3/h15,17,19H,5-14,16H2,1-4H3. The Kier molecular flexibility index (Phi) is 7.27. The Morgan fingerprint density at radius 3 is 2.43 bits per heavy atom. The van der Waals surface area contributed by atoms with Crippen molar-refractivity contribution >= 4 is 11.7 Å². The van der Waals surface area contributed by atoms with Crippen LogP contribution in [0.1, 0.15) is 70.3 Å². The number of aromatic nitrogens is 2. The van der Waals surface area contributed by atoms with Crippen LogP contribution in [-0.2, 0) is 4.79 Å². The molecular formula is C22H37N5O. The van der Waals surface area contributed by atoms with Crippen LogP contribution in [0.25, 0.3) is 0 Å². The van der Waals surface area contributed by atoms with Gasteiger partial charge in [0.15, 0.2) is 0 Å². The molecule has 1 aromatic heterocycles. The van der Waals surface area contributed by atoms with Crippen molar-refractivity contribution in [2.24, 2.45) is 0 Å². The zero-order valence-electron chi connectivity index (χ0n) is 18.2. The molecule has 1 amide bonds. The number of amides is 1. The molecule has 0 atom stereocenters. The minimum absolute atomic E-state index is 0.308. The van der Waals surface area contributed by atoms with Gasteiger partial charge >= 0.3 is 0 Å². The van der Waals surface area contributed by atoms with Gasteiger partial charge in [0, 0.05) is 56.4 Å². The third kappa shape index (κ3) is 5.22. The second-order valence-electron chi connectivity index (χ2n) is 8.62. The molecule has 0 aromatic carbocycles. The van der Waals surface area contributed by atoms with Crippen LogP contribution < -0.4 is 4.90 Å². The number of carbonyl (C=O) groups excluding carboxylic acids is 1. The van der Waals surface area contributed by atoms with E-state index in [0.717, 1.165) is 50.1 Å². The monoisotopic (exact) mass is 387 g/mol. The third-order valence-electron chi connectivity index (χ3n) is 6.11. The summed E-state index contributed by atoms with van der Waals surface area (Å²) in [6, 6.07) is 2.54. The smallest absolute Gasteiger partial charge is 0.236 e. The van der Waals surface area contributed by atoms with Crippen molar-refractivity contribution in [1.82, 2.24) is 19.8 Å². The predicted octanol–water partition coefficient (Wildman–Crippen LogP) is 3.21. The molecule has 1 aliphatic heterocycles. The molecule has 1 aliphatic carbocycles. The Balaban J connectivity index is 1.54. The van der Waals surface area contributed by atoms with E-state index in [0.29, 0.717) is 24.4 Å². The Morgan fingerprint density at radius 2 is 1.82 bits per heavy atom. The summed E-state index contributed by atoms with van der Waals surface area (Å²) >= 11 is 0. The Hall–Kier alpha value is -1.69. The number of hydrogen-bond acceptors (Lipinski definition) is 5. The topological polar surface area (TPSA) is 52.6 Å². The number of aryl methyl sites for hydroxylation is 1. The van der Waals surface area contributed by atoms with Crippen LogP contribution in [0, 0.1) is 6.92 Å². The third-order valence-corrected chi connectivity index (χ3v) is 6.11. The second kappa shape index (κ2) is 9.68. The first kappa shape index (κ1) is 21.0. The molecule has 0 unspecified atom stereocenters. The van der Waals surface area contributed by atoms with E-state index >= 15 is 0 Å². The van der Waals surface area contributed by atoms with Crippen molar-refractivity contribution in [1.29, 1.82) is 0 Å². The Morgan fingerprint density at radius 1 is 1.14 bits per heavy atom. The van der Waals surface area contributed by atoms with Crippen LogP contribution in [-0.4, -0.2) is 71.0 Å². The van der Waals surface area contributed by atoms with E-state index in [9.17, 15) is 4.79 Å². The molecule has 0 bridgehead atoms.